The summed E-state index contributed by atoms with van der Waals surface area (Å²) in [6.07, 6.45) is 5.10. The number of rotatable bonds is 9. The molecule has 0 saturated carbocycles. The van der Waals surface area contributed by atoms with Crippen LogP contribution in [0, 0.1) is 6.92 Å². The van der Waals surface area contributed by atoms with Crippen LogP contribution >= 0.6 is 0 Å². The fourth-order valence-corrected chi connectivity index (χ4v) is 2.74. The topological polar surface area (TPSA) is 124 Å². The lowest BCUT2D eigenvalue weighted by molar-refractivity contribution is -0.136. The first-order chi connectivity index (χ1) is 14.7. The highest BCUT2D eigenvalue weighted by atomic mass is 16.5. The molecule has 0 heterocycles. The molecule has 162 valence electrons. The summed E-state index contributed by atoms with van der Waals surface area (Å²) in [4.78, 5) is 23.6. The van der Waals surface area contributed by atoms with E-state index in [-0.39, 0.29) is 41.4 Å². The van der Waals surface area contributed by atoms with Crippen LogP contribution in [0.15, 0.2) is 59.9 Å². The standard InChI is InChI=1S/C24H24O7/c1-15-13-16(3-8-19(15)25)4-9-20(26)18(7-12-24(29)30)21(27)10-5-17-6-11-22(28)23(14-17)31-2/h3-6,8-11,13-14,25-26,28H,7,12H2,1-2H3,(H,29,30)/b9-4+,10-5+,20-18?. The largest absolute Gasteiger partial charge is 0.508 e. The number of aliphatic carboxylic acids is 1. The van der Waals surface area contributed by atoms with E-state index in [2.05, 4.69) is 0 Å². The number of carboxylic acids is 1. The van der Waals surface area contributed by atoms with Crippen LogP contribution in [0.4, 0.5) is 0 Å². The van der Waals surface area contributed by atoms with E-state index >= 15 is 0 Å². The van der Waals surface area contributed by atoms with Crippen LogP contribution in [0.2, 0.25) is 0 Å². The molecule has 0 aliphatic heterocycles. The number of carbonyl (C=O) groups is 2. The lowest BCUT2D eigenvalue weighted by Gasteiger charge is -2.06. The third-order valence-corrected chi connectivity index (χ3v) is 4.48. The van der Waals surface area contributed by atoms with Gasteiger partial charge < -0.3 is 25.2 Å². The SMILES string of the molecule is COc1cc(/C=C/C(=O)C(CCC(=O)O)=C(O)/C=C/c2ccc(O)c(C)c2)ccc1O. The molecule has 0 atom stereocenters. The zero-order chi connectivity index (χ0) is 23.0. The minimum atomic E-state index is -1.09. The van der Waals surface area contributed by atoms with E-state index in [0.29, 0.717) is 16.7 Å². The van der Waals surface area contributed by atoms with Crippen LogP contribution in [0.25, 0.3) is 12.2 Å². The Hall–Kier alpha value is -4.00. The van der Waals surface area contributed by atoms with Crippen molar-refractivity contribution in [1.29, 1.82) is 0 Å². The Morgan fingerprint density at radius 1 is 0.903 bits per heavy atom. The monoisotopic (exact) mass is 424 g/mol. The molecule has 0 aromatic heterocycles. The van der Waals surface area contributed by atoms with Crippen LogP contribution in [-0.2, 0) is 9.59 Å². The minimum absolute atomic E-state index is 0.0414. The average Bonchev–Trinajstić information content (AvgIpc) is 2.73. The number of ketones is 1. The Labute approximate surface area is 179 Å². The van der Waals surface area contributed by atoms with Crippen molar-refractivity contribution in [3.63, 3.8) is 0 Å². The summed E-state index contributed by atoms with van der Waals surface area (Å²) in [6.45, 7) is 1.73. The van der Waals surface area contributed by atoms with Crippen LogP contribution in [0.5, 0.6) is 17.2 Å². The molecule has 0 spiro atoms. The highest BCUT2D eigenvalue weighted by molar-refractivity contribution is 6.07. The predicted octanol–water partition coefficient (Wildman–Crippen LogP) is 4.39. The van der Waals surface area contributed by atoms with Crippen molar-refractivity contribution in [3.8, 4) is 17.2 Å². The number of benzene rings is 2. The second-order valence-electron chi connectivity index (χ2n) is 6.77. The normalized spacial score (nSPS) is 12.2. The second kappa shape index (κ2) is 10.7. The Morgan fingerprint density at radius 3 is 2.13 bits per heavy atom. The fraction of sp³-hybridized carbons (Fsp3) is 0.167. The number of phenolic OH excluding ortho intramolecular Hbond substituents is 2. The van der Waals surface area contributed by atoms with E-state index in [0.717, 1.165) is 0 Å². The third kappa shape index (κ3) is 6.78. The van der Waals surface area contributed by atoms with Crippen LogP contribution in [0.1, 0.15) is 29.5 Å². The third-order valence-electron chi connectivity index (χ3n) is 4.48. The molecule has 2 rings (SSSR count). The van der Waals surface area contributed by atoms with Gasteiger partial charge in [0.1, 0.15) is 11.5 Å². The van der Waals surface area contributed by atoms with E-state index in [1.54, 1.807) is 31.2 Å². The number of aliphatic hydroxyl groups is 1. The molecule has 7 heteroatoms. The number of carbonyl (C=O) groups excluding carboxylic acids is 1. The summed E-state index contributed by atoms with van der Waals surface area (Å²) in [5.41, 5.74) is 1.88. The van der Waals surface area contributed by atoms with Crippen LogP contribution in [0.3, 0.4) is 0 Å². The Morgan fingerprint density at radius 2 is 1.52 bits per heavy atom. The fourth-order valence-electron chi connectivity index (χ4n) is 2.74. The first kappa shape index (κ1) is 23.3. The molecule has 0 radical (unpaired) electrons. The summed E-state index contributed by atoms with van der Waals surface area (Å²) in [7, 11) is 1.40. The number of hydrogen-bond donors (Lipinski definition) is 4. The first-order valence-electron chi connectivity index (χ1n) is 9.42. The summed E-state index contributed by atoms with van der Waals surface area (Å²) in [5.74, 6) is -1.64. The average molecular weight is 424 g/mol. The molecule has 7 nitrogen and oxygen atoms in total. The number of aliphatic hydroxyl groups excluding tert-OH is 1. The number of hydrogen-bond acceptors (Lipinski definition) is 6. The second-order valence-corrected chi connectivity index (χ2v) is 6.77. The predicted molar refractivity (Wildman–Crippen MR) is 117 cm³/mol. The first-order valence-corrected chi connectivity index (χ1v) is 9.42. The summed E-state index contributed by atoms with van der Waals surface area (Å²) < 4.78 is 5.02. The highest BCUT2D eigenvalue weighted by Crippen LogP contribution is 2.27. The van der Waals surface area contributed by atoms with Crippen molar-refractivity contribution in [2.24, 2.45) is 0 Å². The Balaban J connectivity index is 2.30. The summed E-state index contributed by atoms with van der Waals surface area (Å²) >= 11 is 0. The number of methoxy groups -OCH3 is 1. The van der Waals surface area contributed by atoms with Crippen molar-refractivity contribution in [2.45, 2.75) is 19.8 Å². The number of phenols is 2. The van der Waals surface area contributed by atoms with Crippen molar-refractivity contribution >= 4 is 23.9 Å². The van der Waals surface area contributed by atoms with E-state index in [4.69, 9.17) is 9.84 Å². The molecule has 0 unspecified atom stereocenters. The van der Waals surface area contributed by atoms with Crippen molar-refractivity contribution in [1.82, 2.24) is 0 Å². The molecule has 4 N–H and O–H groups in total. The van der Waals surface area contributed by atoms with E-state index in [1.165, 1.54) is 43.5 Å². The number of ether oxygens (including phenoxy) is 1. The van der Waals surface area contributed by atoms with Gasteiger partial charge >= 0.3 is 5.97 Å². The molecule has 2 aromatic carbocycles. The van der Waals surface area contributed by atoms with E-state index in [1.807, 2.05) is 0 Å². The van der Waals surface area contributed by atoms with Gasteiger partial charge in [-0.2, -0.15) is 0 Å². The van der Waals surface area contributed by atoms with Crippen molar-refractivity contribution < 1.29 is 34.8 Å². The number of aryl methyl sites for hydroxylation is 1. The molecular weight excluding hydrogens is 400 g/mol. The lowest BCUT2D eigenvalue weighted by atomic mass is 10.0. The number of allylic oxidation sites excluding steroid dienone is 3. The molecule has 0 fully saturated rings. The Bertz CT molecular complexity index is 1060. The molecule has 0 bridgehead atoms. The van der Waals surface area contributed by atoms with Crippen molar-refractivity contribution in [2.75, 3.05) is 7.11 Å². The van der Waals surface area contributed by atoms with E-state index < -0.39 is 11.8 Å². The van der Waals surface area contributed by atoms with Gasteiger partial charge in [0.15, 0.2) is 17.3 Å². The molecule has 0 saturated heterocycles. The number of aromatic hydroxyl groups is 2. The smallest absolute Gasteiger partial charge is 0.303 e. The van der Waals surface area contributed by atoms with Gasteiger partial charge in [0.05, 0.1) is 7.11 Å². The van der Waals surface area contributed by atoms with Gasteiger partial charge in [-0.1, -0.05) is 24.3 Å². The molecule has 31 heavy (non-hydrogen) atoms. The molecule has 0 amide bonds. The minimum Gasteiger partial charge on any atom is -0.508 e. The van der Waals surface area contributed by atoms with Gasteiger partial charge in [-0.05, 0) is 66.5 Å². The van der Waals surface area contributed by atoms with Crippen molar-refractivity contribution in [3.05, 3.63) is 76.6 Å². The maximum Gasteiger partial charge on any atom is 0.303 e. The van der Waals surface area contributed by atoms with Gasteiger partial charge in [-0.25, -0.2) is 0 Å². The van der Waals surface area contributed by atoms with Crippen LogP contribution < -0.4 is 4.74 Å². The van der Waals surface area contributed by atoms with Gasteiger partial charge in [0.25, 0.3) is 0 Å². The molecule has 2 aromatic rings. The molecule has 0 aliphatic rings. The Kier molecular flexibility index (Phi) is 8.02. The highest BCUT2D eigenvalue weighted by Gasteiger charge is 2.14. The van der Waals surface area contributed by atoms with Crippen LogP contribution in [-0.4, -0.2) is 39.3 Å². The maximum atomic E-state index is 12.7. The van der Waals surface area contributed by atoms with Gasteiger partial charge in [0.2, 0.25) is 0 Å². The molecular formula is C24H24O7. The summed E-state index contributed by atoms with van der Waals surface area (Å²) in [5, 5.41) is 38.6. The van der Waals surface area contributed by atoms with Gasteiger partial charge in [-0.3, -0.25) is 9.59 Å². The lowest BCUT2D eigenvalue weighted by Crippen LogP contribution is -2.05. The van der Waals surface area contributed by atoms with Gasteiger partial charge in [-0.15, -0.1) is 0 Å². The molecule has 0 aliphatic carbocycles. The van der Waals surface area contributed by atoms with Gasteiger partial charge in [0, 0.05) is 12.0 Å². The zero-order valence-electron chi connectivity index (χ0n) is 17.2. The van der Waals surface area contributed by atoms with E-state index in [9.17, 15) is 24.9 Å². The quantitative estimate of drug-likeness (QED) is 0.267. The summed E-state index contributed by atoms with van der Waals surface area (Å²) in [6, 6.07) is 9.39. The maximum absolute atomic E-state index is 12.7. The zero-order valence-corrected chi connectivity index (χ0v) is 17.2. The number of carboxylic acid groups (broad SMARTS) is 1.